The average Bonchev–Trinajstić information content (AvgIpc) is 2.64. The minimum Gasteiger partial charge on any atom is -0.506 e. The van der Waals surface area contributed by atoms with Crippen LogP contribution >= 0.6 is 0 Å². The fourth-order valence-corrected chi connectivity index (χ4v) is 3.71. The topological polar surface area (TPSA) is 296 Å². The summed E-state index contributed by atoms with van der Waals surface area (Å²) in [5.41, 5.74) is 0. The van der Waals surface area contributed by atoms with Crippen molar-refractivity contribution in [1.29, 1.82) is 0 Å². The van der Waals surface area contributed by atoms with E-state index in [1.54, 1.807) is 0 Å². The molecule has 1 saturated heterocycles. The molecule has 20 heteroatoms. The van der Waals surface area contributed by atoms with E-state index in [0.29, 0.717) is 0 Å². The first-order chi connectivity index (χ1) is 14.5. The zero-order chi connectivity index (χ0) is 24.6. The van der Waals surface area contributed by atoms with Crippen LogP contribution in [0.3, 0.4) is 0 Å². The van der Waals surface area contributed by atoms with Gasteiger partial charge in [0.05, 0.1) is 6.61 Å². The Labute approximate surface area is 179 Å². The summed E-state index contributed by atoms with van der Waals surface area (Å²) in [6.45, 7) is -1.17. The summed E-state index contributed by atoms with van der Waals surface area (Å²) in [7, 11) is -10.2. The second-order valence-electron chi connectivity index (χ2n) is 6.43. The molecule has 2 aliphatic heterocycles. The van der Waals surface area contributed by atoms with Crippen molar-refractivity contribution in [3.8, 4) is 0 Å². The van der Waals surface area contributed by atoms with Crippen molar-refractivity contribution < 1.29 is 79.8 Å². The number of carbonyl (C=O) groups is 1. The van der Waals surface area contributed by atoms with Crippen LogP contribution in [-0.4, -0.2) is 118 Å². The zero-order valence-corrected chi connectivity index (χ0v) is 17.0. The Hall–Kier alpha value is -1.69. The number of hydrogen-bond acceptors (Lipinski definition) is 14. The van der Waals surface area contributed by atoms with Gasteiger partial charge in [-0.3, -0.25) is 9.11 Å². The smallest absolute Gasteiger partial charge is 0.397 e. The van der Waals surface area contributed by atoms with Gasteiger partial charge in [-0.05, 0) is 0 Å². The molecule has 18 nitrogen and oxygen atoms in total. The molecule has 8 atom stereocenters. The van der Waals surface area contributed by atoms with Gasteiger partial charge in [0.1, 0.15) is 36.6 Å². The van der Waals surface area contributed by atoms with Crippen LogP contribution in [0.2, 0.25) is 0 Å². The van der Waals surface area contributed by atoms with E-state index < -0.39 is 93.9 Å². The molecule has 1 fully saturated rings. The van der Waals surface area contributed by atoms with Crippen molar-refractivity contribution in [1.82, 2.24) is 4.72 Å². The standard InChI is InChI=1S/C12H19NO17S2/c14-4-3(13-31(21,22)23)11(20)28-2(1-27-32(24,25)26)8(4)29-12-7(17)5(15)6(16)9(30-12)10(18)19/h2-5,7-8,11-17,20H,1H2,(H,18,19)(H,21,22,23)(H,24,25,26)/t2-,3-,4-,5+,7-,8-,11+,12-/m1/s1. The lowest BCUT2D eigenvalue weighted by Crippen LogP contribution is -2.66. The highest BCUT2D eigenvalue weighted by Crippen LogP contribution is 2.30. The minimum absolute atomic E-state index is 1.17. The van der Waals surface area contributed by atoms with Crippen molar-refractivity contribution >= 4 is 26.7 Å². The molecule has 2 heterocycles. The second kappa shape index (κ2) is 9.66. The summed E-state index contributed by atoms with van der Waals surface area (Å²) in [5.74, 6) is -4.45. The largest absolute Gasteiger partial charge is 0.506 e. The van der Waals surface area contributed by atoms with Crippen LogP contribution in [0.1, 0.15) is 0 Å². The van der Waals surface area contributed by atoms with E-state index in [0.717, 1.165) is 0 Å². The quantitative estimate of drug-likeness (QED) is 0.137. The molecule has 9 N–H and O–H groups in total. The number of nitrogens with one attached hydrogen (secondary N) is 1. The van der Waals surface area contributed by atoms with E-state index in [9.17, 15) is 47.2 Å². The first kappa shape index (κ1) is 26.6. The Kier molecular flexibility index (Phi) is 8.02. The van der Waals surface area contributed by atoms with Gasteiger partial charge in [-0.15, -0.1) is 0 Å². The van der Waals surface area contributed by atoms with E-state index in [1.165, 1.54) is 4.72 Å². The van der Waals surface area contributed by atoms with Gasteiger partial charge in [0.2, 0.25) is 12.0 Å². The summed E-state index contributed by atoms with van der Waals surface area (Å²) < 4.78 is 81.6. The number of carboxylic acids is 1. The van der Waals surface area contributed by atoms with Crippen LogP contribution in [0.15, 0.2) is 11.5 Å². The SMILES string of the molecule is O=C(O)C1=C(O)[C@H](O)[C@@H](O)[C@H](O[C@H]2[C@H](O)[C@@H](NS(=O)(=O)O)[C@@H](O)O[C@@H]2COS(=O)(=O)O)O1. The molecule has 2 aliphatic rings. The molecule has 0 unspecified atom stereocenters. The van der Waals surface area contributed by atoms with Crippen LogP contribution in [-0.2, 0) is 43.9 Å². The van der Waals surface area contributed by atoms with Crippen molar-refractivity contribution in [2.75, 3.05) is 6.61 Å². The summed E-state index contributed by atoms with van der Waals surface area (Å²) in [6.07, 6.45) is -15.0. The summed E-state index contributed by atoms with van der Waals surface area (Å²) in [6, 6.07) is -2.06. The third-order valence-electron chi connectivity index (χ3n) is 4.19. The molecule has 32 heavy (non-hydrogen) atoms. The van der Waals surface area contributed by atoms with Gasteiger partial charge in [0.15, 0.2) is 12.0 Å². The number of aliphatic carboxylic acids is 1. The molecule has 0 amide bonds. The fraction of sp³-hybridized carbons (Fsp3) is 0.750. The first-order valence-electron chi connectivity index (χ1n) is 8.24. The van der Waals surface area contributed by atoms with Crippen molar-refractivity contribution in [3.05, 3.63) is 11.5 Å². The number of hydrogen-bond donors (Lipinski definition) is 9. The highest BCUT2D eigenvalue weighted by Gasteiger charge is 2.51. The maximum absolute atomic E-state index is 11.1. The van der Waals surface area contributed by atoms with Crippen molar-refractivity contribution in [3.63, 3.8) is 0 Å². The Balaban J connectivity index is 2.35. The molecule has 0 aromatic rings. The molecule has 0 radical (unpaired) electrons. The van der Waals surface area contributed by atoms with Gasteiger partial charge in [-0.1, -0.05) is 0 Å². The van der Waals surface area contributed by atoms with E-state index in [4.69, 9.17) is 28.4 Å². The van der Waals surface area contributed by atoms with Crippen LogP contribution in [0.5, 0.6) is 0 Å². The van der Waals surface area contributed by atoms with E-state index in [1.807, 2.05) is 0 Å². The van der Waals surface area contributed by atoms with E-state index in [-0.39, 0.29) is 0 Å². The van der Waals surface area contributed by atoms with Crippen LogP contribution < -0.4 is 4.72 Å². The lowest BCUT2D eigenvalue weighted by atomic mass is 9.97. The van der Waals surface area contributed by atoms with Crippen LogP contribution in [0.4, 0.5) is 0 Å². The molecule has 186 valence electrons. The van der Waals surface area contributed by atoms with Gasteiger partial charge in [0, 0.05) is 0 Å². The second-order valence-corrected chi connectivity index (χ2v) is 8.71. The monoisotopic (exact) mass is 513 g/mol. The third kappa shape index (κ3) is 6.43. The molecular weight excluding hydrogens is 494 g/mol. The van der Waals surface area contributed by atoms with Crippen molar-refractivity contribution in [2.45, 2.75) is 49.1 Å². The Bertz CT molecular complexity index is 945. The van der Waals surface area contributed by atoms with Gasteiger partial charge in [-0.2, -0.15) is 21.6 Å². The Morgan fingerprint density at radius 1 is 1.06 bits per heavy atom. The summed E-state index contributed by atoms with van der Waals surface area (Å²) in [4.78, 5) is 11.1. The normalized spacial score (nSPS) is 36.6. The lowest BCUT2D eigenvalue weighted by molar-refractivity contribution is -0.307. The molecule has 0 bridgehead atoms. The third-order valence-corrected chi connectivity index (χ3v) is 5.20. The maximum Gasteiger partial charge on any atom is 0.397 e. The Morgan fingerprint density at radius 3 is 2.16 bits per heavy atom. The molecular formula is C12H19NO17S2. The van der Waals surface area contributed by atoms with Gasteiger partial charge >= 0.3 is 26.7 Å². The zero-order valence-electron chi connectivity index (χ0n) is 15.4. The minimum atomic E-state index is -5.09. The number of ether oxygens (including phenoxy) is 3. The molecule has 0 saturated carbocycles. The predicted octanol–water partition coefficient (Wildman–Crippen LogP) is -5.04. The predicted molar refractivity (Wildman–Crippen MR) is 91.9 cm³/mol. The van der Waals surface area contributed by atoms with Crippen molar-refractivity contribution in [2.24, 2.45) is 0 Å². The van der Waals surface area contributed by atoms with Crippen LogP contribution in [0, 0.1) is 0 Å². The number of rotatable bonds is 8. The highest BCUT2D eigenvalue weighted by atomic mass is 32.3. The number of aliphatic hydroxyl groups excluding tert-OH is 5. The first-order valence-corrected chi connectivity index (χ1v) is 11.0. The summed E-state index contributed by atoms with van der Waals surface area (Å²) in [5, 5.41) is 58.7. The summed E-state index contributed by atoms with van der Waals surface area (Å²) >= 11 is 0. The van der Waals surface area contributed by atoms with Crippen LogP contribution in [0.25, 0.3) is 0 Å². The molecule has 0 spiro atoms. The molecule has 2 rings (SSSR count). The Morgan fingerprint density at radius 2 is 1.66 bits per heavy atom. The average molecular weight is 513 g/mol. The van der Waals surface area contributed by atoms with Gasteiger partial charge in [-0.25, -0.2) is 8.98 Å². The highest BCUT2D eigenvalue weighted by molar-refractivity contribution is 7.83. The molecule has 0 aliphatic carbocycles. The maximum atomic E-state index is 11.1. The molecule has 0 aromatic carbocycles. The molecule has 0 aromatic heterocycles. The van der Waals surface area contributed by atoms with E-state index >= 15 is 0 Å². The lowest BCUT2D eigenvalue weighted by Gasteiger charge is -2.44. The van der Waals surface area contributed by atoms with Gasteiger partial charge < -0.3 is 44.8 Å². The fourth-order valence-electron chi connectivity index (χ4n) is 2.80. The number of carboxylic acid groups (broad SMARTS) is 1. The van der Waals surface area contributed by atoms with Gasteiger partial charge in [0.25, 0.3) is 0 Å². The number of aliphatic hydroxyl groups is 5. The van der Waals surface area contributed by atoms with E-state index in [2.05, 4.69) is 4.18 Å².